The molecule has 7 nitrogen and oxygen atoms in total. The molecule has 10 heteroatoms. The van der Waals surface area contributed by atoms with Crippen LogP contribution in [0.1, 0.15) is 17.3 Å². The normalized spacial score (nSPS) is 11.0. The molecule has 0 atom stereocenters. The number of carbonyl (C=O) groups is 1. The fourth-order valence-corrected chi connectivity index (χ4v) is 4.18. The van der Waals surface area contributed by atoms with Crippen molar-refractivity contribution in [2.75, 3.05) is 23.8 Å². The average molecular weight is 479 g/mol. The van der Waals surface area contributed by atoms with Crippen molar-refractivity contribution in [2.24, 2.45) is 0 Å². The molecule has 2 N–H and O–H groups in total. The van der Waals surface area contributed by atoms with Crippen molar-refractivity contribution in [1.29, 1.82) is 0 Å². The number of methoxy groups -OCH3 is 1. The van der Waals surface area contributed by atoms with Gasteiger partial charge < -0.3 is 14.8 Å². The highest BCUT2D eigenvalue weighted by atomic mass is 35.5. The Morgan fingerprint density at radius 1 is 1.03 bits per heavy atom. The minimum atomic E-state index is -4.26. The number of sulfonamides is 1. The molecule has 0 aliphatic heterocycles. The topological polar surface area (TPSA) is 93.7 Å². The molecule has 0 fully saturated rings. The zero-order valence-electron chi connectivity index (χ0n) is 17.2. The lowest BCUT2D eigenvalue weighted by molar-refractivity contribution is 0.102. The van der Waals surface area contributed by atoms with Gasteiger partial charge in [-0.1, -0.05) is 23.7 Å². The van der Waals surface area contributed by atoms with Gasteiger partial charge in [0.2, 0.25) is 0 Å². The predicted molar refractivity (Wildman–Crippen MR) is 121 cm³/mol. The predicted octanol–water partition coefficient (Wildman–Crippen LogP) is 4.94. The Balaban J connectivity index is 1.90. The minimum absolute atomic E-state index is 0.0175. The van der Waals surface area contributed by atoms with E-state index in [1.807, 2.05) is 6.92 Å². The number of nitrogens with one attached hydrogen (secondary N) is 2. The molecule has 0 aromatic heterocycles. The smallest absolute Gasteiger partial charge is 0.264 e. The van der Waals surface area contributed by atoms with Crippen molar-refractivity contribution in [3.05, 3.63) is 77.1 Å². The summed E-state index contributed by atoms with van der Waals surface area (Å²) in [5.41, 5.74) is 0.354. The summed E-state index contributed by atoms with van der Waals surface area (Å²) in [5.74, 6) is -0.597. The van der Waals surface area contributed by atoms with Crippen molar-refractivity contribution in [2.45, 2.75) is 11.8 Å². The number of hydrogen-bond donors (Lipinski definition) is 2. The van der Waals surface area contributed by atoms with E-state index in [2.05, 4.69) is 10.0 Å². The van der Waals surface area contributed by atoms with Crippen LogP contribution in [0.2, 0.25) is 5.02 Å². The number of rotatable bonds is 8. The van der Waals surface area contributed by atoms with Gasteiger partial charge in [0.05, 0.1) is 25.1 Å². The maximum atomic E-state index is 14.0. The van der Waals surface area contributed by atoms with Gasteiger partial charge in [-0.2, -0.15) is 0 Å². The fourth-order valence-electron chi connectivity index (χ4n) is 2.85. The first-order valence-corrected chi connectivity index (χ1v) is 11.3. The van der Waals surface area contributed by atoms with E-state index in [1.165, 1.54) is 49.6 Å². The molecule has 0 radical (unpaired) electrons. The van der Waals surface area contributed by atoms with Crippen molar-refractivity contribution < 1.29 is 27.1 Å². The second-order valence-electron chi connectivity index (χ2n) is 6.48. The van der Waals surface area contributed by atoms with E-state index < -0.39 is 26.6 Å². The highest BCUT2D eigenvalue weighted by molar-refractivity contribution is 7.92. The Morgan fingerprint density at radius 3 is 2.47 bits per heavy atom. The lowest BCUT2D eigenvalue weighted by Crippen LogP contribution is -2.18. The molecule has 168 valence electrons. The number of ether oxygens (including phenoxy) is 2. The number of halogens is 2. The summed E-state index contributed by atoms with van der Waals surface area (Å²) in [6.07, 6.45) is 0. The largest absolute Gasteiger partial charge is 0.493 e. The lowest BCUT2D eigenvalue weighted by atomic mass is 10.1. The van der Waals surface area contributed by atoms with Crippen molar-refractivity contribution in [3.8, 4) is 11.5 Å². The van der Waals surface area contributed by atoms with Crippen LogP contribution in [0, 0.1) is 5.82 Å². The molecule has 0 saturated heterocycles. The zero-order valence-corrected chi connectivity index (χ0v) is 18.8. The second kappa shape index (κ2) is 9.88. The maximum Gasteiger partial charge on any atom is 0.264 e. The third-order valence-electron chi connectivity index (χ3n) is 4.33. The lowest BCUT2D eigenvalue weighted by Gasteiger charge is -2.15. The van der Waals surface area contributed by atoms with Gasteiger partial charge in [0, 0.05) is 10.6 Å². The Kier molecular flexibility index (Phi) is 7.22. The van der Waals surface area contributed by atoms with Gasteiger partial charge in [-0.05, 0) is 55.5 Å². The molecule has 3 aromatic carbocycles. The van der Waals surface area contributed by atoms with Crippen molar-refractivity contribution >= 4 is 38.9 Å². The number of amides is 1. The highest BCUT2D eigenvalue weighted by Crippen LogP contribution is 2.31. The summed E-state index contributed by atoms with van der Waals surface area (Å²) in [4.78, 5) is 12.3. The van der Waals surface area contributed by atoms with Gasteiger partial charge in [-0.3, -0.25) is 9.52 Å². The summed E-state index contributed by atoms with van der Waals surface area (Å²) >= 11 is 6.04. The summed E-state index contributed by atoms with van der Waals surface area (Å²) in [5, 5.41) is 2.88. The molecule has 3 aromatic rings. The molecular weight excluding hydrogens is 459 g/mol. The van der Waals surface area contributed by atoms with Gasteiger partial charge in [0.25, 0.3) is 15.9 Å². The van der Waals surface area contributed by atoms with Crippen LogP contribution in [0.5, 0.6) is 11.5 Å². The maximum absolute atomic E-state index is 14.0. The average Bonchev–Trinajstić information content (AvgIpc) is 2.76. The second-order valence-corrected chi connectivity index (χ2v) is 8.57. The highest BCUT2D eigenvalue weighted by Gasteiger charge is 2.21. The zero-order chi connectivity index (χ0) is 23.3. The first-order chi connectivity index (χ1) is 15.2. The van der Waals surface area contributed by atoms with Crippen molar-refractivity contribution in [3.63, 3.8) is 0 Å². The Morgan fingerprint density at radius 2 is 1.78 bits per heavy atom. The van der Waals surface area contributed by atoms with E-state index >= 15 is 0 Å². The van der Waals surface area contributed by atoms with E-state index in [4.69, 9.17) is 21.1 Å². The van der Waals surface area contributed by atoms with Gasteiger partial charge in [0.1, 0.15) is 10.7 Å². The van der Waals surface area contributed by atoms with Crippen LogP contribution < -0.4 is 19.5 Å². The minimum Gasteiger partial charge on any atom is -0.493 e. The number of hydrogen-bond acceptors (Lipinski definition) is 5. The van der Waals surface area contributed by atoms with E-state index in [0.29, 0.717) is 18.1 Å². The monoisotopic (exact) mass is 478 g/mol. The van der Waals surface area contributed by atoms with E-state index in [-0.39, 0.29) is 22.0 Å². The van der Waals surface area contributed by atoms with Crippen LogP contribution in [0.4, 0.5) is 15.8 Å². The first kappa shape index (κ1) is 23.4. The summed E-state index contributed by atoms with van der Waals surface area (Å²) in [6.45, 7) is 2.25. The fraction of sp³-hybridized carbons (Fsp3) is 0.136. The van der Waals surface area contributed by atoms with Crippen LogP contribution in [0.15, 0.2) is 65.6 Å². The molecular formula is C22H20ClFN2O5S. The Bertz CT molecular complexity index is 1250. The molecule has 0 heterocycles. The molecule has 0 spiro atoms. The van der Waals surface area contributed by atoms with Crippen molar-refractivity contribution in [1.82, 2.24) is 0 Å². The molecule has 0 aliphatic rings. The van der Waals surface area contributed by atoms with Gasteiger partial charge in [0.15, 0.2) is 11.5 Å². The molecule has 0 aliphatic carbocycles. The molecule has 1 amide bonds. The summed E-state index contributed by atoms with van der Waals surface area (Å²) in [7, 11) is -2.81. The van der Waals surface area contributed by atoms with Crippen LogP contribution in [0.25, 0.3) is 0 Å². The van der Waals surface area contributed by atoms with Crippen LogP contribution >= 0.6 is 11.6 Å². The Hall–Kier alpha value is -3.30. The van der Waals surface area contributed by atoms with E-state index in [9.17, 15) is 17.6 Å². The van der Waals surface area contributed by atoms with Crippen LogP contribution in [0.3, 0.4) is 0 Å². The SMILES string of the molecule is CCOc1ccc(C(=O)Nc2cc(Cl)ccc2NS(=O)(=O)c2ccccc2F)cc1OC. The molecule has 0 bridgehead atoms. The molecule has 3 rings (SSSR count). The molecule has 0 saturated carbocycles. The molecule has 32 heavy (non-hydrogen) atoms. The quantitative estimate of drug-likeness (QED) is 0.478. The Labute approximate surface area is 190 Å². The third-order valence-corrected chi connectivity index (χ3v) is 5.96. The van der Waals surface area contributed by atoms with Gasteiger partial charge >= 0.3 is 0 Å². The van der Waals surface area contributed by atoms with E-state index in [0.717, 1.165) is 12.1 Å². The number of anilines is 2. The van der Waals surface area contributed by atoms with E-state index in [1.54, 1.807) is 6.07 Å². The van der Waals surface area contributed by atoms with Gasteiger partial charge in [-0.15, -0.1) is 0 Å². The molecule has 0 unspecified atom stereocenters. The first-order valence-electron chi connectivity index (χ1n) is 9.44. The number of carbonyl (C=O) groups excluding carboxylic acids is 1. The van der Waals surface area contributed by atoms with Gasteiger partial charge in [-0.25, -0.2) is 12.8 Å². The van der Waals surface area contributed by atoms with Crippen LogP contribution in [-0.2, 0) is 10.0 Å². The third kappa shape index (κ3) is 5.30. The van der Waals surface area contributed by atoms with Crippen LogP contribution in [-0.4, -0.2) is 28.0 Å². The summed E-state index contributed by atoms with van der Waals surface area (Å²) in [6, 6.07) is 13.8. The number of benzene rings is 3. The standard InChI is InChI=1S/C22H20ClFN2O5S/c1-3-31-19-11-8-14(12-20(19)30-2)22(27)25-18-13-15(23)9-10-17(18)26-32(28,29)21-7-5-4-6-16(21)24/h4-13,26H,3H2,1-2H3,(H,25,27). The summed E-state index contributed by atoms with van der Waals surface area (Å²) < 4.78 is 52.3.